The number of benzene rings is 2. The monoisotopic (exact) mass is 350 g/mol. The van der Waals surface area contributed by atoms with Crippen LogP contribution in [0.2, 0.25) is 0 Å². The number of nitriles is 1. The second-order valence-electron chi connectivity index (χ2n) is 5.63. The molecule has 1 aliphatic rings. The van der Waals surface area contributed by atoms with Gasteiger partial charge in [0.25, 0.3) is 5.91 Å². The lowest BCUT2D eigenvalue weighted by Crippen LogP contribution is -2.13. The number of carbonyl (C=O) groups excluding carboxylic acids is 1. The Bertz CT molecular complexity index is 1060. The van der Waals surface area contributed by atoms with Crippen molar-refractivity contribution in [1.29, 1.82) is 5.26 Å². The minimum absolute atomic E-state index is 0.0645. The van der Waals surface area contributed by atoms with Gasteiger partial charge in [0, 0.05) is 11.1 Å². The highest BCUT2D eigenvalue weighted by molar-refractivity contribution is 7.94. The molecule has 3 rings (SSSR count). The number of fused-ring (bicyclic) bond motifs is 1. The van der Waals surface area contributed by atoms with E-state index in [2.05, 4.69) is 5.32 Å². The molecule has 0 aromatic heterocycles. The first-order valence-corrected chi connectivity index (χ1v) is 9.01. The second-order valence-corrected chi connectivity index (χ2v) is 7.44. The van der Waals surface area contributed by atoms with Crippen LogP contribution < -0.4 is 5.32 Å². The molecule has 0 saturated carbocycles. The number of hydrogen-bond acceptors (Lipinski definition) is 4. The number of hydrogen-bond donors (Lipinski definition) is 1. The molecule has 1 N–H and O–H groups in total. The van der Waals surface area contributed by atoms with Gasteiger partial charge in [0.05, 0.1) is 4.90 Å². The third kappa shape index (κ3) is 3.52. The van der Waals surface area contributed by atoms with Crippen LogP contribution in [0.1, 0.15) is 16.7 Å². The lowest BCUT2D eigenvalue weighted by atomic mass is 10.1. The number of sulfone groups is 1. The molecule has 0 atom stereocenters. The van der Waals surface area contributed by atoms with Crippen molar-refractivity contribution in [1.82, 2.24) is 0 Å². The van der Waals surface area contributed by atoms with Gasteiger partial charge in [-0.1, -0.05) is 35.9 Å². The molecule has 0 unspecified atom stereocenters. The summed E-state index contributed by atoms with van der Waals surface area (Å²) in [6, 6.07) is 13.9. The van der Waals surface area contributed by atoms with Gasteiger partial charge in [-0.2, -0.15) is 5.26 Å². The molecule has 25 heavy (non-hydrogen) atoms. The first-order valence-electron chi connectivity index (χ1n) is 7.46. The van der Waals surface area contributed by atoms with E-state index in [0.717, 1.165) is 16.5 Å². The summed E-state index contributed by atoms with van der Waals surface area (Å²) in [7, 11) is -3.45. The summed E-state index contributed by atoms with van der Waals surface area (Å²) in [6.45, 7) is 1.95. The molecular weight excluding hydrogens is 336 g/mol. The lowest BCUT2D eigenvalue weighted by Gasteiger charge is -2.07. The molecule has 124 valence electrons. The summed E-state index contributed by atoms with van der Waals surface area (Å²) >= 11 is 0. The Kier molecular flexibility index (Phi) is 4.26. The molecule has 0 spiro atoms. The summed E-state index contributed by atoms with van der Waals surface area (Å²) < 4.78 is 23.8. The SMILES string of the molecule is Cc1ccc(/C=C(\C#N)C(=O)Nc2ccc3c(c2)S(=O)(=O)C=C3)cc1. The van der Waals surface area contributed by atoms with Gasteiger partial charge in [-0.05, 0) is 42.3 Å². The van der Waals surface area contributed by atoms with E-state index >= 15 is 0 Å². The Balaban J connectivity index is 1.84. The average molecular weight is 350 g/mol. The van der Waals surface area contributed by atoms with E-state index in [1.54, 1.807) is 12.1 Å². The molecule has 0 bridgehead atoms. The van der Waals surface area contributed by atoms with E-state index in [9.17, 15) is 18.5 Å². The summed E-state index contributed by atoms with van der Waals surface area (Å²) in [6.07, 6.45) is 2.99. The van der Waals surface area contributed by atoms with Crippen molar-refractivity contribution in [3.05, 3.63) is 70.1 Å². The van der Waals surface area contributed by atoms with Crippen LogP contribution in [-0.4, -0.2) is 14.3 Å². The quantitative estimate of drug-likeness (QED) is 0.680. The lowest BCUT2D eigenvalue weighted by molar-refractivity contribution is -0.112. The van der Waals surface area contributed by atoms with Crippen LogP contribution in [0.4, 0.5) is 5.69 Å². The third-order valence-corrected chi connectivity index (χ3v) is 5.22. The fourth-order valence-corrected chi connectivity index (χ4v) is 3.64. The van der Waals surface area contributed by atoms with E-state index in [1.807, 2.05) is 37.3 Å². The maximum absolute atomic E-state index is 12.3. The van der Waals surface area contributed by atoms with Crippen LogP contribution in [0.25, 0.3) is 12.2 Å². The van der Waals surface area contributed by atoms with E-state index in [1.165, 1.54) is 18.2 Å². The van der Waals surface area contributed by atoms with Crippen LogP contribution in [-0.2, 0) is 14.6 Å². The molecule has 1 amide bonds. The Morgan fingerprint density at radius 2 is 1.88 bits per heavy atom. The standard InChI is InChI=1S/C19H14N2O3S/c1-13-2-4-14(5-3-13)10-16(12-20)19(22)21-17-7-6-15-8-9-25(23,24)18(15)11-17/h2-11H,1H3,(H,21,22)/b16-10+. The van der Waals surface area contributed by atoms with Gasteiger partial charge in [-0.3, -0.25) is 4.79 Å². The predicted molar refractivity (Wildman–Crippen MR) is 96.1 cm³/mol. The first kappa shape index (κ1) is 16.7. The zero-order valence-electron chi connectivity index (χ0n) is 13.4. The molecule has 2 aromatic rings. The number of nitrogens with zero attached hydrogens (tertiary/aromatic N) is 1. The predicted octanol–water partition coefficient (Wildman–Crippen LogP) is 3.30. The number of rotatable bonds is 3. The average Bonchev–Trinajstić information content (AvgIpc) is 2.89. The van der Waals surface area contributed by atoms with Crippen LogP contribution in [0.3, 0.4) is 0 Å². The van der Waals surface area contributed by atoms with Crippen molar-refractivity contribution >= 4 is 33.6 Å². The van der Waals surface area contributed by atoms with Gasteiger partial charge in [0.2, 0.25) is 9.84 Å². The van der Waals surface area contributed by atoms with Crippen molar-refractivity contribution < 1.29 is 13.2 Å². The highest BCUT2D eigenvalue weighted by atomic mass is 32.2. The van der Waals surface area contributed by atoms with Gasteiger partial charge in [0.1, 0.15) is 11.6 Å². The summed E-state index contributed by atoms with van der Waals surface area (Å²) in [4.78, 5) is 12.5. The van der Waals surface area contributed by atoms with Crippen molar-refractivity contribution in [2.75, 3.05) is 5.32 Å². The molecule has 6 heteroatoms. The topological polar surface area (TPSA) is 87.0 Å². The molecule has 1 heterocycles. The smallest absolute Gasteiger partial charge is 0.266 e. The number of amides is 1. The Hall–Kier alpha value is -3.17. The zero-order valence-corrected chi connectivity index (χ0v) is 14.2. The molecule has 0 radical (unpaired) electrons. The first-order chi connectivity index (χ1) is 11.9. The van der Waals surface area contributed by atoms with Gasteiger partial charge in [0.15, 0.2) is 0 Å². The minimum atomic E-state index is -3.45. The summed E-state index contributed by atoms with van der Waals surface area (Å²) in [5, 5.41) is 12.9. The van der Waals surface area contributed by atoms with Crippen LogP contribution in [0.5, 0.6) is 0 Å². The van der Waals surface area contributed by atoms with Crippen LogP contribution in [0.15, 0.2) is 58.3 Å². The Morgan fingerprint density at radius 1 is 1.16 bits per heavy atom. The molecular formula is C19H14N2O3S. The number of anilines is 1. The van der Waals surface area contributed by atoms with Crippen molar-refractivity contribution in [3.8, 4) is 6.07 Å². The second kappa shape index (κ2) is 6.38. The van der Waals surface area contributed by atoms with E-state index < -0.39 is 15.7 Å². The molecule has 0 fully saturated rings. The van der Waals surface area contributed by atoms with Gasteiger partial charge in [-0.15, -0.1) is 0 Å². The van der Waals surface area contributed by atoms with E-state index in [0.29, 0.717) is 11.3 Å². The normalized spacial score (nSPS) is 14.6. The minimum Gasteiger partial charge on any atom is -0.321 e. The third-order valence-electron chi connectivity index (χ3n) is 3.76. The highest BCUT2D eigenvalue weighted by Gasteiger charge is 2.21. The van der Waals surface area contributed by atoms with Crippen molar-refractivity contribution in [3.63, 3.8) is 0 Å². The maximum atomic E-state index is 12.3. The van der Waals surface area contributed by atoms with Crippen molar-refractivity contribution in [2.24, 2.45) is 0 Å². The fourth-order valence-electron chi connectivity index (χ4n) is 2.41. The molecule has 2 aromatic carbocycles. The molecule has 1 aliphatic heterocycles. The highest BCUT2D eigenvalue weighted by Crippen LogP contribution is 2.29. The van der Waals surface area contributed by atoms with Gasteiger partial charge in [-0.25, -0.2) is 8.42 Å². The number of nitrogens with one attached hydrogen (secondary N) is 1. The van der Waals surface area contributed by atoms with Gasteiger partial charge < -0.3 is 5.32 Å². The number of aryl methyl sites for hydroxylation is 1. The molecule has 5 nitrogen and oxygen atoms in total. The van der Waals surface area contributed by atoms with E-state index in [4.69, 9.17) is 0 Å². The zero-order chi connectivity index (χ0) is 18.0. The van der Waals surface area contributed by atoms with Crippen LogP contribution in [0, 0.1) is 18.3 Å². The molecule has 0 aliphatic carbocycles. The maximum Gasteiger partial charge on any atom is 0.266 e. The fraction of sp³-hybridized carbons (Fsp3) is 0.0526. The summed E-state index contributed by atoms with van der Waals surface area (Å²) in [5.41, 5.74) is 2.64. The Morgan fingerprint density at radius 3 is 2.56 bits per heavy atom. The Labute approximate surface area is 145 Å². The number of carbonyl (C=O) groups is 1. The largest absolute Gasteiger partial charge is 0.321 e. The van der Waals surface area contributed by atoms with Crippen LogP contribution >= 0.6 is 0 Å². The summed E-state index contributed by atoms with van der Waals surface area (Å²) in [5.74, 6) is -0.591. The van der Waals surface area contributed by atoms with E-state index in [-0.39, 0.29) is 10.5 Å². The van der Waals surface area contributed by atoms with Gasteiger partial charge >= 0.3 is 0 Å². The molecule has 0 saturated heterocycles. The van der Waals surface area contributed by atoms with Crippen molar-refractivity contribution in [2.45, 2.75) is 11.8 Å².